The Morgan fingerprint density at radius 2 is 1.85 bits per heavy atom. The molecule has 6 heteroatoms. The van der Waals surface area contributed by atoms with Crippen molar-refractivity contribution < 1.29 is 14.7 Å². The largest absolute Gasteiger partial charge is 0.480 e. The summed E-state index contributed by atoms with van der Waals surface area (Å²) in [7, 11) is 2.04. The van der Waals surface area contributed by atoms with E-state index in [1.54, 1.807) is 0 Å². The molecule has 0 saturated carbocycles. The van der Waals surface area contributed by atoms with E-state index in [4.69, 9.17) is 5.11 Å². The number of rotatable bonds is 9. The number of carbonyl (C=O) groups excluding carboxylic acids is 1. The Labute approximate surface area is 122 Å². The van der Waals surface area contributed by atoms with Crippen LogP contribution >= 0.6 is 0 Å². The number of hydrogen-bond donors (Lipinski definition) is 2. The molecule has 0 spiro atoms. The fourth-order valence-electron chi connectivity index (χ4n) is 1.68. The maximum Gasteiger partial charge on any atom is 0.323 e. The molecule has 0 bridgehead atoms. The van der Waals surface area contributed by atoms with Crippen LogP contribution in [0.5, 0.6) is 0 Å². The van der Waals surface area contributed by atoms with Crippen molar-refractivity contribution >= 4 is 12.0 Å². The van der Waals surface area contributed by atoms with E-state index >= 15 is 0 Å². The van der Waals surface area contributed by atoms with Crippen molar-refractivity contribution in [3.63, 3.8) is 0 Å². The van der Waals surface area contributed by atoms with E-state index in [2.05, 4.69) is 24.1 Å². The Bertz CT molecular complexity index is 308. The number of aliphatic carboxylic acids is 1. The fraction of sp³-hybridized carbons (Fsp3) is 0.857. The molecule has 0 aromatic heterocycles. The molecule has 0 heterocycles. The number of hydrogen-bond acceptors (Lipinski definition) is 3. The van der Waals surface area contributed by atoms with Gasteiger partial charge in [0.15, 0.2) is 0 Å². The van der Waals surface area contributed by atoms with Crippen LogP contribution in [0, 0.1) is 0 Å². The first-order chi connectivity index (χ1) is 9.29. The number of carboxylic acid groups (broad SMARTS) is 1. The highest BCUT2D eigenvalue weighted by Gasteiger charge is 2.20. The zero-order valence-corrected chi connectivity index (χ0v) is 13.3. The van der Waals surface area contributed by atoms with Crippen LogP contribution in [0.3, 0.4) is 0 Å². The van der Waals surface area contributed by atoms with Gasteiger partial charge in [-0.25, -0.2) is 4.79 Å². The van der Waals surface area contributed by atoms with Crippen molar-refractivity contribution in [3.05, 3.63) is 0 Å². The molecule has 2 amide bonds. The van der Waals surface area contributed by atoms with E-state index in [1.165, 1.54) is 4.90 Å². The van der Waals surface area contributed by atoms with Crippen LogP contribution < -0.4 is 5.32 Å². The molecule has 20 heavy (non-hydrogen) atoms. The number of carbonyl (C=O) groups is 2. The van der Waals surface area contributed by atoms with Crippen molar-refractivity contribution in [3.8, 4) is 0 Å². The number of amides is 2. The van der Waals surface area contributed by atoms with Gasteiger partial charge in [0.05, 0.1) is 0 Å². The predicted molar refractivity (Wildman–Crippen MR) is 79.9 cm³/mol. The second kappa shape index (κ2) is 9.58. The Hall–Kier alpha value is -1.30. The molecule has 0 rings (SSSR count). The Kier molecular flexibility index (Phi) is 8.96. The van der Waals surface area contributed by atoms with Gasteiger partial charge in [0, 0.05) is 18.6 Å². The Balaban J connectivity index is 4.17. The van der Waals surface area contributed by atoms with Gasteiger partial charge in [0.1, 0.15) is 6.54 Å². The van der Waals surface area contributed by atoms with Crippen LogP contribution in [0.4, 0.5) is 4.79 Å². The van der Waals surface area contributed by atoms with Gasteiger partial charge < -0.3 is 20.2 Å². The van der Waals surface area contributed by atoms with Crippen molar-refractivity contribution in [1.82, 2.24) is 15.1 Å². The number of urea groups is 1. The van der Waals surface area contributed by atoms with Gasteiger partial charge in [-0.2, -0.15) is 0 Å². The average Bonchev–Trinajstić information content (AvgIpc) is 2.39. The van der Waals surface area contributed by atoms with Gasteiger partial charge in [0.2, 0.25) is 0 Å². The summed E-state index contributed by atoms with van der Waals surface area (Å²) < 4.78 is 0. The van der Waals surface area contributed by atoms with E-state index in [0.29, 0.717) is 12.6 Å². The number of nitrogens with one attached hydrogen (secondary N) is 1. The lowest BCUT2D eigenvalue weighted by Gasteiger charge is -2.27. The highest BCUT2D eigenvalue weighted by Crippen LogP contribution is 2.03. The number of carboxylic acids is 1. The summed E-state index contributed by atoms with van der Waals surface area (Å²) in [5.74, 6) is -0.986. The normalized spacial score (nSPS) is 12.6. The lowest BCUT2D eigenvalue weighted by Crippen LogP contribution is -2.47. The van der Waals surface area contributed by atoms with Crippen LogP contribution in [-0.4, -0.2) is 65.7 Å². The molecule has 0 aromatic rings. The highest BCUT2D eigenvalue weighted by atomic mass is 16.4. The van der Waals surface area contributed by atoms with Crippen molar-refractivity contribution in [2.75, 3.05) is 26.7 Å². The minimum atomic E-state index is -0.986. The van der Waals surface area contributed by atoms with Gasteiger partial charge in [-0.1, -0.05) is 6.92 Å². The molecule has 0 radical (unpaired) electrons. The molecule has 0 aliphatic carbocycles. The summed E-state index contributed by atoms with van der Waals surface area (Å²) in [6.45, 7) is 9.24. The molecule has 0 saturated heterocycles. The smallest absolute Gasteiger partial charge is 0.323 e. The third-order valence-corrected chi connectivity index (χ3v) is 3.53. The lowest BCUT2D eigenvalue weighted by molar-refractivity contribution is -0.138. The van der Waals surface area contributed by atoms with Gasteiger partial charge in [-0.3, -0.25) is 4.79 Å². The van der Waals surface area contributed by atoms with Gasteiger partial charge in [-0.15, -0.1) is 0 Å². The van der Waals surface area contributed by atoms with Crippen molar-refractivity contribution in [1.29, 1.82) is 0 Å². The van der Waals surface area contributed by atoms with E-state index < -0.39 is 5.97 Å². The SMILES string of the molecule is CCC(C)N(CC(=O)O)C(=O)NCCCN(C)C(C)C. The van der Waals surface area contributed by atoms with Crippen LogP contribution in [0.2, 0.25) is 0 Å². The summed E-state index contributed by atoms with van der Waals surface area (Å²) in [6, 6.07) is 0.104. The molecule has 0 aromatic carbocycles. The Morgan fingerprint density at radius 1 is 1.25 bits per heavy atom. The van der Waals surface area contributed by atoms with Gasteiger partial charge in [0.25, 0.3) is 0 Å². The first-order valence-electron chi connectivity index (χ1n) is 7.26. The van der Waals surface area contributed by atoms with Gasteiger partial charge in [-0.05, 0) is 47.2 Å². The second-order valence-corrected chi connectivity index (χ2v) is 5.44. The average molecular weight is 287 g/mol. The molecule has 1 atom stereocenters. The molecular formula is C14H29N3O3. The minimum Gasteiger partial charge on any atom is -0.480 e. The maximum atomic E-state index is 12.0. The quantitative estimate of drug-likeness (QED) is 0.632. The minimum absolute atomic E-state index is 0.0792. The third-order valence-electron chi connectivity index (χ3n) is 3.53. The Morgan fingerprint density at radius 3 is 2.30 bits per heavy atom. The van der Waals surface area contributed by atoms with Crippen LogP contribution in [0.1, 0.15) is 40.5 Å². The van der Waals surface area contributed by atoms with Gasteiger partial charge >= 0.3 is 12.0 Å². The lowest BCUT2D eigenvalue weighted by atomic mass is 10.2. The zero-order valence-electron chi connectivity index (χ0n) is 13.3. The topological polar surface area (TPSA) is 72.9 Å². The van der Waals surface area contributed by atoms with Crippen LogP contribution in [-0.2, 0) is 4.79 Å². The molecule has 0 aliphatic rings. The predicted octanol–water partition coefficient (Wildman–Crippen LogP) is 1.61. The van der Waals surface area contributed by atoms with Crippen LogP contribution in [0.15, 0.2) is 0 Å². The summed E-state index contributed by atoms with van der Waals surface area (Å²) >= 11 is 0. The summed E-state index contributed by atoms with van der Waals surface area (Å²) in [5.41, 5.74) is 0. The zero-order chi connectivity index (χ0) is 15.7. The first kappa shape index (κ1) is 18.7. The fourth-order valence-corrected chi connectivity index (χ4v) is 1.68. The van der Waals surface area contributed by atoms with E-state index in [-0.39, 0.29) is 18.6 Å². The molecule has 6 nitrogen and oxygen atoms in total. The highest BCUT2D eigenvalue weighted by molar-refractivity contribution is 5.80. The van der Waals surface area contributed by atoms with Crippen LogP contribution in [0.25, 0.3) is 0 Å². The van der Waals surface area contributed by atoms with Crippen molar-refractivity contribution in [2.45, 2.75) is 52.6 Å². The third kappa shape index (κ3) is 7.33. The van der Waals surface area contributed by atoms with E-state index in [9.17, 15) is 9.59 Å². The number of nitrogens with zero attached hydrogens (tertiary/aromatic N) is 2. The first-order valence-corrected chi connectivity index (χ1v) is 7.26. The maximum absolute atomic E-state index is 12.0. The standard InChI is InChI=1S/C14H29N3O3/c1-6-12(4)17(10-13(18)19)14(20)15-8-7-9-16(5)11(2)3/h11-12H,6-10H2,1-5H3,(H,15,20)(H,18,19). The molecule has 0 fully saturated rings. The molecule has 118 valence electrons. The summed E-state index contributed by atoms with van der Waals surface area (Å²) in [6.07, 6.45) is 1.58. The monoisotopic (exact) mass is 287 g/mol. The molecular weight excluding hydrogens is 258 g/mol. The summed E-state index contributed by atoms with van der Waals surface area (Å²) in [4.78, 5) is 26.4. The summed E-state index contributed by atoms with van der Waals surface area (Å²) in [5, 5.41) is 11.6. The molecule has 1 unspecified atom stereocenters. The molecule has 0 aliphatic heterocycles. The molecule has 2 N–H and O–H groups in total. The van der Waals surface area contributed by atoms with E-state index in [1.807, 2.05) is 20.9 Å². The second-order valence-electron chi connectivity index (χ2n) is 5.44. The van der Waals surface area contributed by atoms with E-state index in [0.717, 1.165) is 19.4 Å². The van der Waals surface area contributed by atoms with Crippen molar-refractivity contribution in [2.24, 2.45) is 0 Å².